The van der Waals surface area contributed by atoms with Crippen LogP contribution in [0.15, 0.2) is 37.5 Å². The number of methoxy groups -OCH3 is 1. The fourth-order valence-electron chi connectivity index (χ4n) is 1.91. The lowest BCUT2D eigenvalue weighted by molar-refractivity contribution is 0.204. The van der Waals surface area contributed by atoms with Crippen molar-refractivity contribution in [3.05, 3.63) is 34.2 Å². The number of aromatic nitrogens is 2. The summed E-state index contributed by atoms with van der Waals surface area (Å²) in [7, 11) is -2.17. The van der Waals surface area contributed by atoms with Gasteiger partial charge >= 0.3 is 0 Å². The van der Waals surface area contributed by atoms with E-state index in [2.05, 4.69) is 50.8 Å². The maximum atomic E-state index is 13.3. The van der Waals surface area contributed by atoms with Crippen molar-refractivity contribution in [3.63, 3.8) is 0 Å². The third-order valence-corrected chi connectivity index (χ3v) is 5.92. The molecule has 0 aliphatic rings. The summed E-state index contributed by atoms with van der Waals surface area (Å²) < 4.78 is 51.1. The van der Waals surface area contributed by atoms with Gasteiger partial charge in [0.1, 0.15) is 5.82 Å². The molecule has 0 bridgehead atoms. The predicted octanol–water partition coefficient (Wildman–Crippen LogP) is 1.38. The van der Waals surface area contributed by atoms with Crippen molar-refractivity contribution in [1.82, 2.24) is 19.8 Å². The molecule has 1 aromatic carbocycles. The first-order valence-electron chi connectivity index (χ1n) is 7.99. The van der Waals surface area contributed by atoms with Gasteiger partial charge in [-0.3, -0.25) is 0 Å². The van der Waals surface area contributed by atoms with Gasteiger partial charge in [-0.1, -0.05) is 16.9 Å². The van der Waals surface area contributed by atoms with Gasteiger partial charge in [0.25, 0.3) is 10.2 Å². The van der Waals surface area contributed by atoms with E-state index in [0.717, 1.165) is 11.8 Å². The van der Waals surface area contributed by atoms with Gasteiger partial charge in [0.15, 0.2) is 10.7 Å². The Labute approximate surface area is 178 Å². The maximum absolute atomic E-state index is 13.3. The molecule has 1 aromatic heterocycles. The summed E-state index contributed by atoms with van der Waals surface area (Å²) in [5.41, 5.74) is 0.541. The zero-order valence-electron chi connectivity index (χ0n) is 15.1. The Morgan fingerprint density at radius 2 is 2.14 bits per heavy atom. The van der Waals surface area contributed by atoms with Crippen molar-refractivity contribution in [1.29, 1.82) is 0 Å². The Kier molecular flexibility index (Phi) is 9.25. The third-order valence-electron chi connectivity index (χ3n) is 3.20. The van der Waals surface area contributed by atoms with Crippen LogP contribution >= 0.6 is 27.7 Å². The Morgan fingerprint density at radius 3 is 2.83 bits per heavy atom. The molecule has 0 unspecified atom stereocenters. The van der Waals surface area contributed by atoms with Crippen LogP contribution in [0.4, 0.5) is 10.1 Å². The molecule has 0 radical (unpaired) electrons. The van der Waals surface area contributed by atoms with Gasteiger partial charge in [-0.25, -0.2) is 13.7 Å². The summed E-state index contributed by atoms with van der Waals surface area (Å²) in [5, 5.41) is 22.9. The molecule has 0 aliphatic heterocycles. The van der Waals surface area contributed by atoms with Gasteiger partial charge < -0.3 is 15.3 Å². The fraction of sp³-hybridized carbons (Fsp3) is 0.357. The van der Waals surface area contributed by atoms with Gasteiger partial charge in [-0.05, 0) is 44.4 Å². The zero-order valence-corrected chi connectivity index (χ0v) is 18.3. The quantitative estimate of drug-likeness (QED) is 0.0873. The first kappa shape index (κ1) is 23.5. The van der Waals surface area contributed by atoms with Crippen LogP contribution in [0.5, 0.6) is 0 Å². The monoisotopic (exact) mass is 512 g/mol. The highest BCUT2D eigenvalue weighted by Gasteiger charge is 2.19. The fourth-order valence-corrected chi connectivity index (χ4v) is 4.00. The molecule has 160 valence electrons. The molecule has 2 aromatic rings. The van der Waals surface area contributed by atoms with E-state index in [0.29, 0.717) is 11.4 Å². The Bertz CT molecular complexity index is 942. The minimum absolute atomic E-state index is 0.0749. The van der Waals surface area contributed by atoms with E-state index in [1.807, 2.05) is 0 Å². The number of halogens is 2. The van der Waals surface area contributed by atoms with E-state index in [-0.39, 0.29) is 40.7 Å². The van der Waals surface area contributed by atoms with Crippen LogP contribution < -0.4 is 14.8 Å². The van der Waals surface area contributed by atoms with Gasteiger partial charge in [-0.2, -0.15) is 13.1 Å². The second-order valence-corrected chi connectivity index (χ2v) is 8.78. The third kappa shape index (κ3) is 7.52. The average Bonchev–Trinajstić information content (AvgIpc) is 3.14. The van der Waals surface area contributed by atoms with Crippen molar-refractivity contribution in [3.8, 4) is 0 Å². The molecule has 4 N–H and O–H groups in total. The molecule has 11 nitrogen and oxygen atoms in total. The zero-order chi connectivity index (χ0) is 21.3. The van der Waals surface area contributed by atoms with Crippen LogP contribution in [0.2, 0.25) is 0 Å². The second-order valence-electron chi connectivity index (χ2n) is 5.25. The average molecular weight is 513 g/mol. The Balaban J connectivity index is 1.93. The number of oxime groups is 1. The van der Waals surface area contributed by atoms with Crippen molar-refractivity contribution in [2.75, 3.05) is 37.9 Å². The molecule has 0 saturated carbocycles. The van der Waals surface area contributed by atoms with Gasteiger partial charge in [0.05, 0.1) is 11.1 Å². The highest BCUT2D eigenvalue weighted by Crippen LogP contribution is 2.23. The predicted molar refractivity (Wildman–Crippen MR) is 108 cm³/mol. The summed E-state index contributed by atoms with van der Waals surface area (Å²) in [6.07, 6.45) is 0. The molecule has 2 rings (SSSR count). The van der Waals surface area contributed by atoms with Crippen molar-refractivity contribution in [2.45, 2.75) is 5.03 Å². The molecule has 0 atom stereocenters. The lowest BCUT2D eigenvalue weighted by Crippen LogP contribution is -2.39. The first-order chi connectivity index (χ1) is 13.9. The number of anilines is 1. The van der Waals surface area contributed by atoms with E-state index in [4.69, 9.17) is 4.74 Å². The smallest absolute Gasteiger partial charge is 0.277 e. The van der Waals surface area contributed by atoms with Crippen molar-refractivity contribution < 1.29 is 27.4 Å². The molecule has 0 fully saturated rings. The topological polar surface area (TPSA) is 151 Å². The molecule has 0 aliphatic carbocycles. The second kappa shape index (κ2) is 11.4. The van der Waals surface area contributed by atoms with Crippen LogP contribution in [0, 0.1) is 5.82 Å². The van der Waals surface area contributed by atoms with E-state index >= 15 is 0 Å². The standard InChI is InChI=1S/C14H18BrFN6O5S2/c1-26-6-4-17-29(24,25)18-5-7-28-14-12(21-27-22-14)13(20-23)19-9-2-3-11(16)10(15)8-9/h2-3,8,17-18,23H,4-7H2,1H3,(H,19,20). The summed E-state index contributed by atoms with van der Waals surface area (Å²) >= 11 is 4.20. The number of ether oxygens (including phenoxy) is 1. The van der Waals surface area contributed by atoms with Crippen LogP contribution in [0.25, 0.3) is 0 Å². The highest BCUT2D eigenvalue weighted by atomic mass is 79.9. The molecular formula is C14H18BrFN6O5S2. The number of amidine groups is 1. The van der Waals surface area contributed by atoms with Crippen molar-refractivity contribution >= 4 is 49.4 Å². The number of rotatable bonds is 11. The van der Waals surface area contributed by atoms with E-state index < -0.39 is 16.0 Å². The Hall–Kier alpha value is -1.78. The normalized spacial score (nSPS) is 12.3. The largest absolute Gasteiger partial charge is 0.409 e. The SMILES string of the molecule is COCCNS(=O)(=O)NCCSc1nonc1/C(=N/O)Nc1ccc(F)c(Br)c1. The summed E-state index contributed by atoms with van der Waals surface area (Å²) in [6.45, 7) is 0.506. The van der Waals surface area contributed by atoms with Crippen LogP contribution in [0.3, 0.4) is 0 Å². The summed E-state index contributed by atoms with van der Waals surface area (Å²) in [5.74, 6) is -0.224. The lowest BCUT2D eigenvalue weighted by atomic mass is 10.3. The maximum Gasteiger partial charge on any atom is 0.277 e. The van der Waals surface area contributed by atoms with Crippen LogP contribution in [0.1, 0.15) is 5.69 Å². The van der Waals surface area contributed by atoms with E-state index in [9.17, 15) is 18.0 Å². The number of nitrogens with zero attached hydrogens (tertiary/aromatic N) is 3. The summed E-state index contributed by atoms with van der Waals surface area (Å²) in [6, 6.07) is 4.12. The number of nitrogens with one attached hydrogen (secondary N) is 3. The number of thioether (sulfide) groups is 1. The number of hydrogen-bond acceptors (Lipinski definition) is 9. The minimum Gasteiger partial charge on any atom is -0.409 e. The lowest BCUT2D eigenvalue weighted by Gasteiger charge is -2.08. The van der Waals surface area contributed by atoms with Crippen LogP contribution in [-0.4, -0.2) is 62.3 Å². The van der Waals surface area contributed by atoms with Gasteiger partial charge in [-0.15, -0.1) is 0 Å². The molecular weight excluding hydrogens is 495 g/mol. The van der Waals surface area contributed by atoms with Gasteiger partial charge in [0, 0.05) is 31.6 Å². The number of benzene rings is 1. The number of hydrogen-bond donors (Lipinski definition) is 4. The molecule has 15 heteroatoms. The van der Waals surface area contributed by atoms with Gasteiger partial charge in [0.2, 0.25) is 5.84 Å². The van der Waals surface area contributed by atoms with Crippen LogP contribution in [-0.2, 0) is 14.9 Å². The van der Waals surface area contributed by atoms with E-state index in [1.165, 1.54) is 25.3 Å². The molecule has 0 saturated heterocycles. The first-order valence-corrected chi connectivity index (χ1v) is 11.3. The summed E-state index contributed by atoms with van der Waals surface area (Å²) in [4.78, 5) is 0. The highest BCUT2D eigenvalue weighted by molar-refractivity contribution is 9.10. The minimum atomic E-state index is -3.64. The Morgan fingerprint density at radius 1 is 1.38 bits per heavy atom. The van der Waals surface area contributed by atoms with E-state index in [1.54, 1.807) is 0 Å². The van der Waals surface area contributed by atoms with Crippen molar-refractivity contribution in [2.24, 2.45) is 5.16 Å². The molecule has 29 heavy (non-hydrogen) atoms. The molecule has 0 amide bonds. The molecule has 1 heterocycles. The molecule has 0 spiro atoms.